The average molecular weight is 426 g/mol. The van der Waals surface area contributed by atoms with E-state index in [-0.39, 0.29) is 24.1 Å². The molecule has 2 aromatic rings. The Morgan fingerprint density at radius 3 is 2.24 bits per heavy atom. The molecule has 0 aliphatic heterocycles. The number of esters is 1. The Kier molecular flexibility index (Phi) is 6.75. The quantitative estimate of drug-likeness (QED) is 0.635. The van der Waals surface area contributed by atoms with Crippen LogP contribution in [0.2, 0.25) is 0 Å². The van der Waals surface area contributed by atoms with Crippen molar-refractivity contribution < 1.29 is 17.9 Å². The molecule has 134 valence electrons. The van der Waals surface area contributed by atoms with Gasteiger partial charge in [-0.15, -0.1) is 0 Å². The summed E-state index contributed by atoms with van der Waals surface area (Å²) < 4.78 is 33.0. The fourth-order valence-corrected chi connectivity index (χ4v) is 3.85. The van der Waals surface area contributed by atoms with E-state index in [2.05, 4.69) is 15.9 Å². The highest BCUT2D eigenvalue weighted by Crippen LogP contribution is 2.21. The summed E-state index contributed by atoms with van der Waals surface area (Å²) in [6.45, 7) is 3.20. The van der Waals surface area contributed by atoms with Crippen LogP contribution in [0.4, 0.5) is 0 Å². The first-order chi connectivity index (χ1) is 11.8. The molecule has 25 heavy (non-hydrogen) atoms. The summed E-state index contributed by atoms with van der Waals surface area (Å²) in [5.41, 5.74) is 0.792. The van der Waals surface area contributed by atoms with E-state index in [1.165, 1.54) is 12.1 Å². The van der Waals surface area contributed by atoms with Crippen molar-refractivity contribution >= 4 is 31.9 Å². The predicted molar refractivity (Wildman–Crippen MR) is 99.4 cm³/mol. The third kappa shape index (κ3) is 5.66. The van der Waals surface area contributed by atoms with Gasteiger partial charge < -0.3 is 4.74 Å². The van der Waals surface area contributed by atoms with Crippen LogP contribution >= 0.6 is 15.9 Å². The number of nitrogens with zero attached hydrogens (tertiary/aromatic N) is 1. The van der Waals surface area contributed by atoms with E-state index in [1.807, 2.05) is 30.3 Å². The minimum absolute atomic E-state index is 0.0897. The molecule has 2 rings (SSSR count). The number of sulfonamides is 1. The maximum atomic E-state index is 13.0. The fourth-order valence-electron chi connectivity index (χ4n) is 2.21. The molecule has 0 saturated carbocycles. The first-order valence-corrected chi connectivity index (χ1v) is 10.0. The van der Waals surface area contributed by atoms with Gasteiger partial charge in [-0.25, -0.2) is 8.42 Å². The van der Waals surface area contributed by atoms with E-state index < -0.39 is 16.0 Å². The van der Waals surface area contributed by atoms with Crippen molar-refractivity contribution in [2.45, 2.75) is 31.4 Å². The van der Waals surface area contributed by atoms with Crippen molar-refractivity contribution in [1.29, 1.82) is 0 Å². The minimum atomic E-state index is -3.84. The van der Waals surface area contributed by atoms with Gasteiger partial charge >= 0.3 is 5.97 Å². The third-order valence-corrected chi connectivity index (χ3v) is 5.66. The summed E-state index contributed by atoms with van der Waals surface area (Å²) in [5.74, 6) is -0.577. The summed E-state index contributed by atoms with van der Waals surface area (Å²) >= 11 is 3.29. The lowest BCUT2D eigenvalue weighted by Gasteiger charge is -2.22. The highest BCUT2D eigenvalue weighted by Gasteiger charge is 2.27. The molecule has 0 aromatic heterocycles. The zero-order chi connectivity index (χ0) is 18.4. The molecule has 0 aliphatic carbocycles. The molecule has 0 atom stereocenters. The second-order valence-corrected chi connectivity index (χ2v) is 8.60. The molecule has 0 saturated heterocycles. The number of ether oxygens (including phenoxy) is 1. The predicted octanol–water partition coefficient (Wildman–Crippen LogP) is 3.59. The second-order valence-electron chi connectivity index (χ2n) is 5.75. The molecule has 0 radical (unpaired) electrons. The van der Waals surface area contributed by atoms with Crippen molar-refractivity contribution in [2.75, 3.05) is 6.54 Å². The Hall–Kier alpha value is -1.70. The Bertz CT molecular complexity index is 805. The Labute approximate surface area is 156 Å². The highest BCUT2D eigenvalue weighted by atomic mass is 79.9. The normalized spacial score (nSPS) is 11.7. The molecule has 0 bridgehead atoms. The van der Waals surface area contributed by atoms with Crippen LogP contribution in [0.15, 0.2) is 64.0 Å². The molecule has 0 spiro atoms. The summed E-state index contributed by atoms with van der Waals surface area (Å²) in [4.78, 5) is 12.2. The summed E-state index contributed by atoms with van der Waals surface area (Å²) in [6, 6.07) is 15.5. The van der Waals surface area contributed by atoms with Gasteiger partial charge in [-0.05, 0) is 43.7 Å². The van der Waals surface area contributed by atoms with E-state index in [0.29, 0.717) is 0 Å². The Morgan fingerprint density at radius 2 is 1.68 bits per heavy atom. The van der Waals surface area contributed by atoms with Gasteiger partial charge in [-0.3, -0.25) is 4.79 Å². The lowest BCUT2D eigenvalue weighted by atomic mass is 10.2. The smallest absolute Gasteiger partial charge is 0.321 e. The van der Waals surface area contributed by atoms with Gasteiger partial charge in [-0.1, -0.05) is 46.3 Å². The third-order valence-electron chi connectivity index (χ3n) is 3.33. The Morgan fingerprint density at radius 1 is 1.08 bits per heavy atom. The SMILES string of the molecule is CC(C)OC(=O)CN(Cc1ccccc1)S(=O)(=O)c1ccc(Br)cc1. The average Bonchev–Trinajstić information content (AvgIpc) is 2.55. The zero-order valence-corrected chi connectivity index (χ0v) is 16.5. The number of hydrogen-bond donors (Lipinski definition) is 0. The molecule has 2 aromatic carbocycles. The summed E-state index contributed by atoms with van der Waals surface area (Å²) in [6.07, 6.45) is -0.304. The number of hydrogen-bond acceptors (Lipinski definition) is 4. The van der Waals surface area contributed by atoms with Crippen LogP contribution in [0.1, 0.15) is 19.4 Å². The van der Waals surface area contributed by atoms with Crippen LogP contribution in [-0.4, -0.2) is 31.3 Å². The number of rotatable bonds is 7. The van der Waals surface area contributed by atoms with Gasteiger partial charge in [0.05, 0.1) is 11.0 Å². The summed E-state index contributed by atoms with van der Waals surface area (Å²) in [5, 5.41) is 0. The molecule has 0 N–H and O–H groups in total. The van der Waals surface area contributed by atoms with Crippen molar-refractivity contribution in [3.8, 4) is 0 Å². The van der Waals surface area contributed by atoms with Crippen molar-refractivity contribution in [2.24, 2.45) is 0 Å². The lowest BCUT2D eigenvalue weighted by Crippen LogP contribution is -2.36. The first-order valence-electron chi connectivity index (χ1n) is 7.78. The van der Waals surface area contributed by atoms with Crippen LogP contribution in [0.5, 0.6) is 0 Å². The van der Waals surface area contributed by atoms with E-state index >= 15 is 0 Å². The van der Waals surface area contributed by atoms with Gasteiger partial charge in [0, 0.05) is 11.0 Å². The molecular weight excluding hydrogens is 406 g/mol. The van der Waals surface area contributed by atoms with E-state index in [1.54, 1.807) is 26.0 Å². The fraction of sp³-hybridized carbons (Fsp3) is 0.278. The monoisotopic (exact) mass is 425 g/mol. The van der Waals surface area contributed by atoms with Gasteiger partial charge in [0.2, 0.25) is 10.0 Å². The number of benzene rings is 2. The molecule has 0 fully saturated rings. The van der Waals surface area contributed by atoms with Gasteiger partial charge in [0.25, 0.3) is 0 Å². The largest absolute Gasteiger partial charge is 0.462 e. The molecule has 0 aliphatic rings. The van der Waals surface area contributed by atoms with Gasteiger partial charge in [0.15, 0.2) is 0 Å². The molecule has 0 amide bonds. The van der Waals surface area contributed by atoms with Crippen molar-refractivity contribution in [1.82, 2.24) is 4.31 Å². The molecule has 5 nitrogen and oxygen atoms in total. The van der Waals surface area contributed by atoms with E-state index in [0.717, 1.165) is 14.3 Å². The summed E-state index contributed by atoms with van der Waals surface area (Å²) in [7, 11) is -3.84. The Balaban J connectivity index is 2.32. The van der Waals surface area contributed by atoms with Crippen LogP contribution in [0.3, 0.4) is 0 Å². The second kappa shape index (κ2) is 8.60. The highest BCUT2D eigenvalue weighted by molar-refractivity contribution is 9.10. The number of carbonyl (C=O) groups is 1. The number of halogens is 1. The molecule has 0 heterocycles. The maximum Gasteiger partial charge on any atom is 0.321 e. The van der Waals surface area contributed by atoms with Crippen LogP contribution in [0, 0.1) is 0 Å². The van der Waals surface area contributed by atoms with Crippen LogP contribution < -0.4 is 0 Å². The van der Waals surface area contributed by atoms with Crippen molar-refractivity contribution in [3.63, 3.8) is 0 Å². The lowest BCUT2D eigenvalue weighted by molar-refractivity contribution is -0.147. The van der Waals surface area contributed by atoms with Gasteiger partial charge in [-0.2, -0.15) is 4.31 Å². The minimum Gasteiger partial charge on any atom is -0.462 e. The van der Waals surface area contributed by atoms with Crippen molar-refractivity contribution in [3.05, 3.63) is 64.6 Å². The van der Waals surface area contributed by atoms with E-state index in [4.69, 9.17) is 4.74 Å². The number of carbonyl (C=O) groups excluding carboxylic acids is 1. The van der Waals surface area contributed by atoms with Crippen LogP contribution in [-0.2, 0) is 26.1 Å². The topological polar surface area (TPSA) is 63.7 Å². The molecule has 7 heteroatoms. The van der Waals surface area contributed by atoms with E-state index in [9.17, 15) is 13.2 Å². The maximum absolute atomic E-state index is 13.0. The molecular formula is C18H20BrNO4S. The van der Waals surface area contributed by atoms with Crippen LogP contribution in [0.25, 0.3) is 0 Å². The standard InChI is InChI=1S/C18H20BrNO4S/c1-14(2)24-18(21)13-20(12-15-6-4-3-5-7-15)25(22,23)17-10-8-16(19)9-11-17/h3-11,14H,12-13H2,1-2H3. The van der Waals surface area contributed by atoms with Gasteiger partial charge in [0.1, 0.15) is 6.54 Å². The molecule has 0 unspecified atom stereocenters. The zero-order valence-electron chi connectivity index (χ0n) is 14.1. The first kappa shape index (κ1) is 19.6.